The molecular formula is C19H17N7S2. The van der Waals surface area contributed by atoms with Crippen LogP contribution in [0, 0.1) is 6.92 Å². The number of aromatic nitrogens is 7. The molecule has 1 aromatic carbocycles. The molecule has 0 N–H and O–H groups in total. The molecule has 28 heavy (non-hydrogen) atoms. The predicted molar refractivity (Wildman–Crippen MR) is 110 cm³/mol. The third-order valence-electron chi connectivity index (χ3n) is 4.67. The van der Waals surface area contributed by atoms with E-state index in [1.807, 2.05) is 24.3 Å². The molecule has 0 spiro atoms. The van der Waals surface area contributed by atoms with Crippen LogP contribution in [0.15, 0.2) is 65.4 Å². The Morgan fingerprint density at radius 3 is 2.82 bits per heavy atom. The molecule has 0 amide bonds. The zero-order chi connectivity index (χ0) is 18.9. The first-order valence-corrected chi connectivity index (χ1v) is 10.9. The average Bonchev–Trinajstić information content (AvgIpc) is 3.44. The summed E-state index contributed by atoms with van der Waals surface area (Å²) in [6, 6.07) is 12.5. The SMILES string of the molecule is Cc1ccccc1-n1cnnc1SC[C@H]1CSc2nnc(-c3ccncc3)n21. The van der Waals surface area contributed by atoms with Crippen LogP contribution in [0.3, 0.4) is 0 Å². The molecule has 3 aromatic heterocycles. The maximum Gasteiger partial charge on any atom is 0.195 e. The number of para-hydroxylation sites is 1. The van der Waals surface area contributed by atoms with Gasteiger partial charge in [0.1, 0.15) is 6.33 Å². The van der Waals surface area contributed by atoms with Crippen molar-refractivity contribution in [3.63, 3.8) is 0 Å². The number of fused-ring (bicyclic) bond motifs is 1. The number of aryl methyl sites for hydroxylation is 1. The van der Waals surface area contributed by atoms with E-state index in [4.69, 9.17) is 0 Å². The Kier molecular flexibility index (Phi) is 4.61. The third-order valence-corrected chi connectivity index (χ3v) is 6.85. The standard InChI is InChI=1S/C19H17N7S2/c1-13-4-2-3-5-16(13)25-12-21-23-18(25)27-10-15-11-28-19-24-22-17(26(15)19)14-6-8-20-9-7-14/h2-9,12,15H,10-11H2,1H3/t15-/m0/s1. The summed E-state index contributed by atoms with van der Waals surface area (Å²) >= 11 is 3.46. The summed E-state index contributed by atoms with van der Waals surface area (Å²) in [6.45, 7) is 2.10. The number of nitrogens with zero attached hydrogens (tertiary/aromatic N) is 7. The molecule has 0 aliphatic carbocycles. The van der Waals surface area contributed by atoms with Crippen molar-refractivity contribution in [1.29, 1.82) is 0 Å². The molecule has 1 aliphatic rings. The van der Waals surface area contributed by atoms with Gasteiger partial charge in [-0.25, -0.2) is 0 Å². The molecule has 0 bridgehead atoms. The number of hydrogen-bond acceptors (Lipinski definition) is 7. The first kappa shape index (κ1) is 17.4. The lowest BCUT2D eigenvalue weighted by atomic mass is 10.2. The number of thioether (sulfide) groups is 2. The molecule has 5 rings (SSSR count). The fraction of sp³-hybridized carbons (Fsp3) is 0.211. The second-order valence-electron chi connectivity index (χ2n) is 6.46. The largest absolute Gasteiger partial charge is 0.297 e. The fourth-order valence-corrected chi connectivity index (χ4v) is 5.49. The van der Waals surface area contributed by atoms with Crippen molar-refractivity contribution in [3.8, 4) is 17.1 Å². The van der Waals surface area contributed by atoms with E-state index in [0.717, 1.165) is 38.9 Å². The topological polar surface area (TPSA) is 74.3 Å². The Bertz CT molecular complexity index is 1110. The van der Waals surface area contributed by atoms with Crippen LogP contribution in [0.1, 0.15) is 11.6 Å². The van der Waals surface area contributed by atoms with Crippen molar-refractivity contribution in [2.45, 2.75) is 23.3 Å². The summed E-state index contributed by atoms with van der Waals surface area (Å²) in [4.78, 5) is 4.10. The van der Waals surface area contributed by atoms with Crippen LogP contribution < -0.4 is 0 Å². The molecule has 1 atom stereocenters. The van der Waals surface area contributed by atoms with Crippen LogP contribution in [-0.2, 0) is 0 Å². The molecule has 1 aliphatic heterocycles. The van der Waals surface area contributed by atoms with E-state index in [-0.39, 0.29) is 0 Å². The highest BCUT2D eigenvalue weighted by Crippen LogP contribution is 2.38. The highest BCUT2D eigenvalue weighted by atomic mass is 32.2. The second kappa shape index (κ2) is 7.40. The second-order valence-corrected chi connectivity index (χ2v) is 8.43. The van der Waals surface area contributed by atoms with Gasteiger partial charge in [-0.05, 0) is 30.7 Å². The molecule has 0 fully saturated rings. The van der Waals surface area contributed by atoms with E-state index >= 15 is 0 Å². The lowest BCUT2D eigenvalue weighted by Crippen LogP contribution is -2.11. The zero-order valence-corrected chi connectivity index (χ0v) is 16.8. The van der Waals surface area contributed by atoms with Crippen molar-refractivity contribution >= 4 is 23.5 Å². The first-order chi connectivity index (χ1) is 13.8. The van der Waals surface area contributed by atoms with E-state index in [2.05, 4.69) is 53.6 Å². The van der Waals surface area contributed by atoms with Crippen molar-refractivity contribution in [1.82, 2.24) is 34.5 Å². The molecule has 4 heterocycles. The van der Waals surface area contributed by atoms with E-state index in [0.29, 0.717) is 6.04 Å². The van der Waals surface area contributed by atoms with Crippen LogP contribution in [0.2, 0.25) is 0 Å². The molecular weight excluding hydrogens is 390 g/mol. The molecule has 0 saturated carbocycles. The lowest BCUT2D eigenvalue weighted by molar-refractivity contribution is 0.596. The molecule has 0 radical (unpaired) electrons. The van der Waals surface area contributed by atoms with Gasteiger partial charge in [0.2, 0.25) is 0 Å². The van der Waals surface area contributed by atoms with Gasteiger partial charge >= 0.3 is 0 Å². The van der Waals surface area contributed by atoms with Crippen molar-refractivity contribution in [2.24, 2.45) is 0 Å². The van der Waals surface area contributed by atoms with Gasteiger partial charge in [-0.2, -0.15) is 0 Å². The summed E-state index contributed by atoms with van der Waals surface area (Å²) in [7, 11) is 0. The highest BCUT2D eigenvalue weighted by molar-refractivity contribution is 8.00. The van der Waals surface area contributed by atoms with Crippen molar-refractivity contribution in [3.05, 3.63) is 60.7 Å². The Hall–Kier alpha value is -2.65. The van der Waals surface area contributed by atoms with Gasteiger partial charge in [0.05, 0.1) is 11.7 Å². The Balaban J connectivity index is 1.39. The van der Waals surface area contributed by atoms with Gasteiger partial charge in [0, 0.05) is 29.5 Å². The number of hydrogen-bond donors (Lipinski definition) is 0. The summed E-state index contributed by atoms with van der Waals surface area (Å²) in [5, 5.41) is 19.1. The van der Waals surface area contributed by atoms with Crippen molar-refractivity contribution < 1.29 is 0 Å². The molecule has 0 saturated heterocycles. The minimum absolute atomic E-state index is 0.296. The van der Waals surface area contributed by atoms with E-state index in [1.54, 1.807) is 42.2 Å². The number of benzene rings is 1. The third kappa shape index (κ3) is 3.10. The quantitative estimate of drug-likeness (QED) is 0.467. The van der Waals surface area contributed by atoms with Crippen LogP contribution in [0.4, 0.5) is 0 Å². The molecule has 7 nitrogen and oxygen atoms in total. The Morgan fingerprint density at radius 2 is 1.96 bits per heavy atom. The summed E-state index contributed by atoms with van der Waals surface area (Å²) in [5.74, 6) is 2.75. The van der Waals surface area contributed by atoms with Crippen LogP contribution in [-0.4, -0.2) is 46.0 Å². The minimum Gasteiger partial charge on any atom is -0.297 e. The van der Waals surface area contributed by atoms with Crippen LogP contribution in [0.25, 0.3) is 17.1 Å². The predicted octanol–water partition coefficient (Wildman–Crippen LogP) is 3.67. The number of pyridine rings is 1. The minimum atomic E-state index is 0.296. The lowest BCUT2D eigenvalue weighted by Gasteiger charge is -2.14. The monoisotopic (exact) mass is 407 g/mol. The Morgan fingerprint density at radius 1 is 1.11 bits per heavy atom. The van der Waals surface area contributed by atoms with Gasteiger partial charge < -0.3 is 0 Å². The number of rotatable bonds is 5. The fourth-order valence-electron chi connectivity index (χ4n) is 3.26. The average molecular weight is 408 g/mol. The van der Waals surface area contributed by atoms with Gasteiger partial charge in [-0.3, -0.25) is 14.1 Å². The van der Waals surface area contributed by atoms with Gasteiger partial charge in [0.15, 0.2) is 16.1 Å². The summed E-state index contributed by atoms with van der Waals surface area (Å²) in [5.41, 5.74) is 3.34. The molecule has 140 valence electrons. The zero-order valence-electron chi connectivity index (χ0n) is 15.1. The summed E-state index contributed by atoms with van der Waals surface area (Å²) in [6.07, 6.45) is 5.35. The van der Waals surface area contributed by atoms with Crippen LogP contribution in [0.5, 0.6) is 0 Å². The van der Waals surface area contributed by atoms with Crippen LogP contribution >= 0.6 is 23.5 Å². The normalized spacial score (nSPS) is 15.7. The molecule has 4 aromatic rings. The molecule has 0 unspecified atom stereocenters. The van der Waals surface area contributed by atoms with E-state index in [1.165, 1.54) is 5.56 Å². The first-order valence-electron chi connectivity index (χ1n) is 8.88. The maximum absolute atomic E-state index is 4.40. The summed E-state index contributed by atoms with van der Waals surface area (Å²) < 4.78 is 4.29. The Labute approximate surface area is 170 Å². The maximum atomic E-state index is 4.40. The highest BCUT2D eigenvalue weighted by Gasteiger charge is 2.29. The van der Waals surface area contributed by atoms with Gasteiger partial charge in [0.25, 0.3) is 0 Å². The smallest absolute Gasteiger partial charge is 0.195 e. The van der Waals surface area contributed by atoms with Crippen molar-refractivity contribution in [2.75, 3.05) is 11.5 Å². The van der Waals surface area contributed by atoms with Gasteiger partial charge in [-0.1, -0.05) is 41.7 Å². The molecule has 9 heteroatoms. The van der Waals surface area contributed by atoms with E-state index in [9.17, 15) is 0 Å². The van der Waals surface area contributed by atoms with Gasteiger partial charge in [-0.15, -0.1) is 20.4 Å². The van der Waals surface area contributed by atoms with E-state index < -0.39 is 0 Å².